The first-order chi connectivity index (χ1) is 10.1. The number of aromatic nitrogens is 1. The third-order valence-corrected chi connectivity index (χ3v) is 3.68. The predicted octanol–water partition coefficient (Wildman–Crippen LogP) is 3.09. The van der Waals surface area contributed by atoms with Crippen LogP contribution in [0.15, 0.2) is 42.6 Å². The number of hydrogen-bond acceptors (Lipinski definition) is 3. The van der Waals surface area contributed by atoms with Crippen molar-refractivity contribution < 1.29 is 9.53 Å². The van der Waals surface area contributed by atoms with Crippen molar-refractivity contribution in [3.63, 3.8) is 0 Å². The largest absolute Gasteiger partial charge is 0.489 e. The first-order valence-electron chi connectivity index (χ1n) is 6.79. The lowest BCUT2D eigenvalue weighted by Gasteiger charge is -2.35. The molecule has 1 aliphatic heterocycles. The number of fused-ring (bicyclic) bond motifs is 1. The van der Waals surface area contributed by atoms with Crippen LogP contribution in [0.2, 0.25) is 5.15 Å². The van der Waals surface area contributed by atoms with Crippen molar-refractivity contribution in [1.29, 1.82) is 0 Å². The van der Waals surface area contributed by atoms with Gasteiger partial charge in [-0.2, -0.15) is 0 Å². The van der Waals surface area contributed by atoms with Crippen molar-refractivity contribution in [2.45, 2.75) is 19.4 Å². The van der Waals surface area contributed by atoms with Crippen LogP contribution in [0, 0.1) is 0 Å². The number of rotatable bonds is 2. The molecule has 0 saturated carbocycles. The van der Waals surface area contributed by atoms with Crippen LogP contribution in [0.25, 0.3) is 0 Å². The Morgan fingerprint density at radius 2 is 2.19 bits per heavy atom. The molecule has 0 radical (unpaired) electrons. The molecule has 2 heterocycles. The zero-order valence-corrected chi connectivity index (χ0v) is 12.4. The smallest absolute Gasteiger partial charge is 0.231 e. The van der Waals surface area contributed by atoms with Crippen molar-refractivity contribution in [1.82, 2.24) is 4.98 Å². The lowest BCUT2D eigenvalue weighted by Crippen LogP contribution is -2.45. The summed E-state index contributed by atoms with van der Waals surface area (Å²) in [6.07, 6.45) is 1.93. The number of pyridine rings is 1. The van der Waals surface area contributed by atoms with E-state index in [4.69, 9.17) is 16.3 Å². The molecule has 0 spiro atoms. The van der Waals surface area contributed by atoms with E-state index < -0.39 is 0 Å². The highest BCUT2D eigenvalue weighted by atomic mass is 35.5. The Labute approximate surface area is 128 Å². The minimum atomic E-state index is 0.00709. The Morgan fingerprint density at radius 3 is 2.95 bits per heavy atom. The van der Waals surface area contributed by atoms with E-state index in [-0.39, 0.29) is 11.9 Å². The van der Waals surface area contributed by atoms with E-state index >= 15 is 0 Å². The van der Waals surface area contributed by atoms with E-state index in [2.05, 4.69) is 4.98 Å². The molecule has 3 rings (SSSR count). The van der Waals surface area contributed by atoms with Gasteiger partial charge in [-0.15, -0.1) is 0 Å². The van der Waals surface area contributed by atoms with Gasteiger partial charge in [0.05, 0.1) is 18.2 Å². The highest BCUT2D eigenvalue weighted by Crippen LogP contribution is 2.33. The van der Waals surface area contributed by atoms with E-state index in [1.54, 1.807) is 17.2 Å². The Bertz CT molecular complexity index is 658. The van der Waals surface area contributed by atoms with Crippen molar-refractivity contribution >= 4 is 23.2 Å². The number of carbonyl (C=O) groups excluding carboxylic acids is 1. The maximum Gasteiger partial charge on any atom is 0.231 e. The van der Waals surface area contributed by atoms with Gasteiger partial charge >= 0.3 is 0 Å². The first kappa shape index (κ1) is 13.9. The number of hydrogen-bond donors (Lipinski definition) is 0. The summed E-state index contributed by atoms with van der Waals surface area (Å²) in [5.41, 5.74) is 1.67. The highest BCUT2D eigenvalue weighted by Gasteiger charge is 2.29. The van der Waals surface area contributed by atoms with E-state index in [1.165, 1.54) is 0 Å². The molecule has 1 unspecified atom stereocenters. The fraction of sp³-hybridized carbons (Fsp3) is 0.250. The average Bonchev–Trinajstić information content (AvgIpc) is 2.49. The number of amides is 1. The third-order valence-electron chi connectivity index (χ3n) is 3.46. The normalized spacial score (nSPS) is 17.0. The molecule has 1 amide bonds. The Morgan fingerprint density at radius 1 is 1.38 bits per heavy atom. The average molecular weight is 303 g/mol. The molecule has 1 aromatic carbocycles. The number of nitrogens with zero attached hydrogens (tertiary/aromatic N) is 2. The molecular weight excluding hydrogens is 288 g/mol. The third kappa shape index (κ3) is 2.85. The molecule has 0 aliphatic carbocycles. The van der Waals surface area contributed by atoms with Crippen molar-refractivity contribution in [3.05, 3.63) is 53.3 Å². The molecule has 0 saturated heterocycles. The van der Waals surface area contributed by atoms with Crippen molar-refractivity contribution in [2.75, 3.05) is 11.5 Å². The lowest BCUT2D eigenvalue weighted by molar-refractivity contribution is -0.118. The first-order valence-corrected chi connectivity index (χ1v) is 7.17. The SMILES string of the molecule is CC1COc2ccccc2N1C(=O)Cc1ccc(Cl)nc1. The van der Waals surface area contributed by atoms with Crippen molar-refractivity contribution in [3.8, 4) is 5.75 Å². The number of anilines is 1. The van der Waals surface area contributed by atoms with Crippen LogP contribution in [0.3, 0.4) is 0 Å². The van der Waals surface area contributed by atoms with Crippen LogP contribution < -0.4 is 9.64 Å². The van der Waals surface area contributed by atoms with E-state index in [0.29, 0.717) is 18.2 Å². The molecular formula is C16H15ClN2O2. The lowest BCUT2D eigenvalue weighted by atomic mass is 10.1. The van der Waals surface area contributed by atoms with Crippen molar-refractivity contribution in [2.24, 2.45) is 0 Å². The molecule has 0 bridgehead atoms. The molecule has 4 nitrogen and oxygen atoms in total. The maximum absolute atomic E-state index is 12.6. The summed E-state index contributed by atoms with van der Waals surface area (Å²) >= 11 is 5.76. The number of para-hydroxylation sites is 2. The molecule has 0 N–H and O–H groups in total. The topological polar surface area (TPSA) is 42.4 Å². The zero-order valence-electron chi connectivity index (χ0n) is 11.6. The van der Waals surface area contributed by atoms with Crippen LogP contribution in [0.5, 0.6) is 5.75 Å². The highest BCUT2D eigenvalue weighted by molar-refractivity contribution is 6.29. The maximum atomic E-state index is 12.6. The van der Waals surface area contributed by atoms with E-state index in [0.717, 1.165) is 17.0 Å². The summed E-state index contributed by atoms with van der Waals surface area (Å²) in [7, 11) is 0. The Kier molecular flexibility index (Phi) is 3.80. The van der Waals surface area contributed by atoms with Gasteiger partial charge in [-0.25, -0.2) is 4.98 Å². The second-order valence-corrected chi connectivity index (χ2v) is 5.44. The Balaban J connectivity index is 1.85. The van der Waals surface area contributed by atoms with Crippen LogP contribution in [0.1, 0.15) is 12.5 Å². The number of carbonyl (C=O) groups is 1. The second kappa shape index (κ2) is 5.74. The number of benzene rings is 1. The van der Waals surface area contributed by atoms with Gasteiger partial charge in [-0.3, -0.25) is 4.79 Å². The Hall–Kier alpha value is -2.07. The van der Waals surface area contributed by atoms with Gasteiger partial charge in [0.2, 0.25) is 5.91 Å². The molecule has 108 valence electrons. The minimum Gasteiger partial charge on any atom is -0.489 e. The summed E-state index contributed by atoms with van der Waals surface area (Å²) in [6, 6.07) is 11.1. The van der Waals surface area contributed by atoms with Gasteiger partial charge in [0.15, 0.2) is 0 Å². The fourth-order valence-corrected chi connectivity index (χ4v) is 2.56. The standard InChI is InChI=1S/C16H15ClN2O2/c1-11-10-21-14-5-3-2-4-13(14)19(11)16(20)8-12-6-7-15(17)18-9-12/h2-7,9,11H,8,10H2,1H3. The van der Waals surface area contributed by atoms with Gasteiger partial charge in [-0.1, -0.05) is 29.8 Å². The van der Waals surface area contributed by atoms with Gasteiger partial charge in [0.1, 0.15) is 17.5 Å². The fourth-order valence-electron chi connectivity index (χ4n) is 2.45. The monoisotopic (exact) mass is 302 g/mol. The molecule has 2 aromatic rings. The summed E-state index contributed by atoms with van der Waals surface area (Å²) in [4.78, 5) is 18.4. The molecule has 5 heteroatoms. The summed E-state index contributed by atoms with van der Waals surface area (Å²) in [5.74, 6) is 0.778. The van der Waals surface area contributed by atoms with E-state index in [9.17, 15) is 4.79 Å². The van der Waals surface area contributed by atoms with Crippen LogP contribution in [-0.4, -0.2) is 23.5 Å². The van der Waals surface area contributed by atoms with Gasteiger partial charge in [0.25, 0.3) is 0 Å². The zero-order chi connectivity index (χ0) is 14.8. The predicted molar refractivity (Wildman–Crippen MR) is 81.8 cm³/mol. The number of ether oxygens (including phenoxy) is 1. The number of halogens is 1. The second-order valence-electron chi connectivity index (χ2n) is 5.06. The molecule has 0 fully saturated rings. The summed E-state index contributed by atoms with van der Waals surface area (Å²) < 4.78 is 5.66. The van der Waals surface area contributed by atoms with Crippen LogP contribution >= 0.6 is 11.6 Å². The molecule has 1 aromatic heterocycles. The van der Waals surface area contributed by atoms with Gasteiger partial charge in [0, 0.05) is 6.20 Å². The van der Waals surface area contributed by atoms with Crippen LogP contribution in [-0.2, 0) is 11.2 Å². The van der Waals surface area contributed by atoms with Crippen LogP contribution in [0.4, 0.5) is 5.69 Å². The molecule has 1 aliphatic rings. The summed E-state index contributed by atoms with van der Waals surface area (Å²) in [6.45, 7) is 2.48. The molecule has 1 atom stereocenters. The summed E-state index contributed by atoms with van der Waals surface area (Å²) in [5, 5.41) is 0.427. The van der Waals surface area contributed by atoms with E-state index in [1.807, 2.05) is 37.3 Å². The molecule has 21 heavy (non-hydrogen) atoms. The minimum absolute atomic E-state index is 0.00709. The quantitative estimate of drug-likeness (QED) is 0.801. The van der Waals surface area contributed by atoms with Gasteiger partial charge < -0.3 is 9.64 Å². The van der Waals surface area contributed by atoms with Gasteiger partial charge in [-0.05, 0) is 30.7 Å².